The molecule has 1 aromatic carbocycles. The van der Waals surface area contributed by atoms with Gasteiger partial charge in [0, 0.05) is 24.3 Å². The molecule has 3 N–H and O–H groups in total. The van der Waals surface area contributed by atoms with E-state index in [1.165, 1.54) is 12.1 Å². The summed E-state index contributed by atoms with van der Waals surface area (Å²) in [7, 11) is 0. The predicted molar refractivity (Wildman–Crippen MR) is 100 cm³/mol. The van der Waals surface area contributed by atoms with E-state index in [0.29, 0.717) is 12.4 Å². The van der Waals surface area contributed by atoms with E-state index in [4.69, 9.17) is 0 Å². The van der Waals surface area contributed by atoms with Crippen LogP contribution in [0.5, 0.6) is 0 Å². The Balaban J connectivity index is 1.67. The first-order chi connectivity index (χ1) is 13.3. The van der Waals surface area contributed by atoms with Gasteiger partial charge >= 0.3 is 6.18 Å². The fourth-order valence-corrected chi connectivity index (χ4v) is 3.32. The monoisotopic (exact) mass is 393 g/mol. The normalized spacial score (nSPS) is 19.9. The number of benzene rings is 1. The third-order valence-corrected chi connectivity index (χ3v) is 4.92. The van der Waals surface area contributed by atoms with E-state index in [1.54, 1.807) is 18.3 Å². The standard InChI is InChI=1S/C20H22F3N3O2/c21-20(22,23)14-7-9-15(10-8-14)26-19(28)16-5-3-11-24-18(16)25-12-13-4-1-2-6-17(13)27/h3,5,7-11,13,17,27H,1-2,4,6,12H2,(H,24,25)(H,26,28). The lowest BCUT2D eigenvalue weighted by Gasteiger charge is -2.28. The number of hydrogen-bond donors (Lipinski definition) is 3. The maximum Gasteiger partial charge on any atom is 0.416 e. The number of halogens is 3. The molecule has 2 unspecified atom stereocenters. The first kappa shape index (κ1) is 20.1. The smallest absolute Gasteiger partial charge is 0.393 e. The van der Waals surface area contributed by atoms with Crippen molar-refractivity contribution in [3.8, 4) is 0 Å². The second-order valence-electron chi connectivity index (χ2n) is 6.92. The molecule has 2 atom stereocenters. The number of aromatic nitrogens is 1. The molecule has 0 spiro atoms. The van der Waals surface area contributed by atoms with Crippen LogP contribution >= 0.6 is 0 Å². The van der Waals surface area contributed by atoms with Gasteiger partial charge in [0.05, 0.1) is 17.2 Å². The van der Waals surface area contributed by atoms with Crippen molar-refractivity contribution in [2.24, 2.45) is 5.92 Å². The molecular formula is C20H22F3N3O2. The number of nitrogens with zero attached hydrogens (tertiary/aromatic N) is 1. The minimum atomic E-state index is -4.42. The Hall–Kier alpha value is -2.61. The SMILES string of the molecule is O=C(Nc1ccc(C(F)(F)F)cc1)c1cccnc1NCC1CCCCC1O. The first-order valence-electron chi connectivity index (χ1n) is 9.20. The zero-order chi connectivity index (χ0) is 20.1. The van der Waals surface area contributed by atoms with Gasteiger partial charge in [-0.05, 0) is 49.2 Å². The number of carbonyl (C=O) groups excluding carboxylic acids is 1. The van der Waals surface area contributed by atoms with E-state index in [2.05, 4.69) is 15.6 Å². The van der Waals surface area contributed by atoms with Crippen molar-refractivity contribution in [3.05, 3.63) is 53.7 Å². The average Bonchev–Trinajstić information content (AvgIpc) is 2.67. The Bertz CT molecular complexity index is 809. The van der Waals surface area contributed by atoms with E-state index in [1.807, 2.05) is 0 Å². The Morgan fingerprint density at radius 2 is 1.86 bits per heavy atom. The fourth-order valence-electron chi connectivity index (χ4n) is 3.32. The largest absolute Gasteiger partial charge is 0.416 e. The molecule has 1 aromatic heterocycles. The highest BCUT2D eigenvalue weighted by Crippen LogP contribution is 2.30. The molecular weight excluding hydrogens is 371 g/mol. The summed E-state index contributed by atoms with van der Waals surface area (Å²) in [6, 6.07) is 7.46. The Morgan fingerprint density at radius 1 is 1.14 bits per heavy atom. The van der Waals surface area contributed by atoms with Crippen LogP contribution in [-0.2, 0) is 6.18 Å². The maximum absolute atomic E-state index is 12.6. The average molecular weight is 393 g/mol. The summed E-state index contributed by atoms with van der Waals surface area (Å²) in [6.45, 7) is 0.499. The van der Waals surface area contributed by atoms with Crippen LogP contribution in [0.4, 0.5) is 24.7 Å². The number of aliphatic hydroxyl groups excluding tert-OH is 1. The van der Waals surface area contributed by atoms with Crippen molar-refractivity contribution in [2.45, 2.75) is 38.0 Å². The third-order valence-electron chi connectivity index (χ3n) is 4.92. The predicted octanol–water partition coefficient (Wildman–Crippen LogP) is 4.32. The topological polar surface area (TPSA) is 74.2 Å². The lowest BCUT2D eigenvalue weighted by atomic mass is 9.86. The van der Waals surface area contributed by atoms with Crippen LogP contribution in [-0.4, -0.2) is 28.6 Å². The van der Waals surface area contributed by atoms with Crippen LogP contribution in [0.2, 0.25) is 0 Å². The fraction of sp³-hybridized carbons (Fsp3) is 0.400. The zero-order valence-corrected chi connectivity index (χ0v) is 15.2. The van der Waals surface area contributed by atoms with Gasteiger partial charge in [-0.3, -0.25) is 4.79 Å². The van der Waals surface area contributed by atoms with Crippen LogP contribution < -0.4 is 10.6 Å². The van der Waals surface area contributed by atoms with Crippen LogP contribution in [0, 0.1) is 5.92 Å². The summed E-state index contributed by atoms with van der Waals surface area (Å²) in [5.41, 5.74) is -0.233. The molecule has 0 radical (unpaired) electrons. The highest BCUT2D eigenvalue weighted by molar-refractivity contribution is 6.07. The van der Waals surface area contributed by atoms with Gasteiger partial charge in [-0.15, -0.1) is 0 Å². The number of nitrogens with one attached hydrogen (secondary N) is 2. The molecule has 2 aromatic rings. The first-order valence-corrected chi connectivity index (χ1v) is 9.20. The summed E-state index contributed by atoms with van der Waals surface area (Å²) in [6.07, 6.45) is 0.523. The molecule has 1 saturated carbocycles. The van der Waals surface area contributed by atoms with E-state index in [9.17, 15) is 23.1 Å². The van der Waals surface area contributed by atoms with Gasteiger partial charge in [-0.25, -0.2) is 4.98 Å². The zero-order valence-electron chi connectivity index (χ0n) is 15.2. The minimum absolute atomic E-state index is 0.0987. The van der Waals surface area contributed by atoms with Crippen LogP contribution in [0.3, 0.4) is 0 Å². The minimum Gasteiger partial charge on any atom is -0.393 e. The summed E-state index contributed by atoms with van der Waals surface area (Å²) >= 11 is 0. The van der Waals surface area contributed by atoms with Gasteiger partial charge in [0.15, 0.2) is 0 Å². The molecule has 8 heteroatoms. The number of alkyl halides is 3. The van der Waals surface area contributed by atoms with E-state index < -0.39 is 17.6 Å². The van der Waals surface area contributed by atoms with Crippen molar-refractivity contribution >= 4 is 17.4 Å². The van der Waals surface area contributed by atoms with Gasteiger partial charge in [-0.1, -0.05) is 12.8 Å². The summed E-state index contributed by atoms with van der Waals surface area (Å²) in [4.78, 5) is 16.8. The molecule has 0 bridgehead atoms. The van der Waals surface area contributed by atoms with Crippen molar-refractivity contribution in [1.29, 1.82) is 0 Å². The molecule has 1 fully saturated rings. The quantitative estimate of drug-likeness (QED) is 0.708. The molecule has 1 amide bonds. The van der Waals surface area contributed by atoms with Gasteiger partial charge < -0.3 is 15.7 Å². The lowest BCUT2D eigenvalue weighted by molar-refractivity contribution is -0.137. The van der Waals surface area contributed by atoms with Crippen molar-refractivity contribution in [1.82, 2.24) is 4.98 Å². The maximum atomic E-state index is 12.6. The highest BCUT2D eigenvalue weighted by Gasteiger charge is 2.30. The third kappa shape index (κ3) is 5.01. The molecule has 3 rings (SSSR count). The van der Waals surface area contributed by atoms with Crippen LogP contribution in [0.15, 0.2) is 42.6 Å². The van der Waals surface area contributed by atoms with Gasteiger partial charge in [0.25, 0.3) is 5.91 Å². The number of hydrogen-bond acceptors (Lipinski definition) is 4. The molecule has 28 heavy (non-hydrogen) atoms. The van der Waals surface area contributed by atoms with Crippen molar-refractivity contribution < 1.29 is 23.1 Å². The number of amides is 1. The van der Waals surface area contributed by atoms with Crippen LogP contribution in [0.25, 0.3) is 0 Å². The second-order valence-corrected chi connectivity index (χ2v) is 6.92. The lowest BCUT2D eigenvalue weighted by Crippen LogP contribution is -2.31. The van der Waals surface area contributed by atoms with Crippen molar-refractivity contribution in [3.63, 3.8) is 0 Å². The number of anilines is 2. The van der Waals surface area contributed by atoms with E-state index in [-0.39, 0.29) is 23.3 Å². The molecule has 1 aliphatic rings. The Kier molecular flexibility index (Phi) is 6.18. The van der Waals surface area contributed by atoms with Gasteiger partial charge in [0.1, 0.15) is 5.82 Å². The molecule has 0 saturated heterocycles. The summed E-state index contributed by atoms with van der Waals surface area (Å²) in [5, 5.41) is 15.8. The van der Waals surface area contributed by atoms with E-state index in [0.717, 1.165) is 37.8 Å². The molecule has 5 nitrogen and oxygen atoms in total. The molecule has 1 heterocycles. The summed E-state index contributed by atoms with van der Waals surface area (Å²) in [5.74, 6) is 0.00539. The number of rotatable bonds is 5. The van der Waals surface area contributed by atoms with Gasteiger partial charge in [0.2, 0.25) is 0 Å². The number of carbonyl (C=O) groups is 1. The molecule has 0 aliphatic heterocycles. The van der Waals surface area contributed by atoms with Crippen molar-refractivity contribution in [2.75, 3.05) is 17.2 Å². The van der Waals surface area contributed by atoms with E-state index >= 15 is 0 Å². The molecule has 1 aliphatic carbocycles. The number of aliphatic hydroxyl groups is 1. The molecule has 150 valence electrons. The Morgan fingerprint density at radius 3 is 2.54 bits per heavy atom. The van der Waals surface area contributed by atoms with Gasteiger partial charge in [-0.2, -0.15) is 13.2 Å². The Labute approximate surface area is 161 Å². The summed E-state index contributed by atoms with van der Waals surface area (Å²) < 4.78 is 37.9. The number of pyridine rings is 1. The van der Waals surface area contributed by atoms with Crippen LogP contribution in [0.1, 0.15) is 41.6 Å². The highest BCUT2D eigenvalue weighted by atomic mass is 19.4. The second kappa shape index (κ2) is 8.60.